The highest BCUT2D eigenvalue weighted by molar-refractivity contribution is 5.99. The number of nitrogens with zero attached hydrogens (tertiary/aromatic N) is 3. The van der Waals surface area contributed by atoms with Crippen molar-refractivity contribution in [1.82, 2.24) is 14.7 Å². The van der Waals surface area contributed by atoms with Gasteiger partial charge >= 0.3 is 0 Å². The van der Waals surface area contributed by atoms with Crippen LogP contribution in [-0.2, 0) is 16.6 Å². The van der Waals surface area contributed by atoms with Crippen LogP contribution in [0.25, 0.3) is 5.69 Å². The summed E-state index contributed by atoms with van der Waals surface area (Å²) in [5, 5.41) is 7.90. The minimum atomic E-state index is -0.249. The molecular weight excluding hydrogens is 448 g/mol. The van der Waals surface area contributed by atoms with Crippen molar-refractivity contribution in [1.29, 1.82) is 0 Å². The molecule has 0 fully saturated rings. The summed E-state index contributed by atoms with van der Waals surface area (Å²) in [5.74, 6) is 0.438. The predicted octanol–water partition coefficient (Wildman–Crippen LogP) is 6.09. The summed E-state index contributed by atoms with van der Waals surface area (Å²) in [6.45, 7) is 17.0. The first kappa shape index (κ1) is 27.2. The zero-order valence-electron chi connectivity index (χ0n) is 23.0. The van der Waals surface area contributed by atoms with Crippen LogP contribution in [-0.4, -0.2) is 39.6 Å². The van der Waals surface area contributed by atoms with Crippen LogP contribution < -0.4 is 5.32 Å². The van der Waals surface area contributed by atoms with E-state index in [1.165, 1.54) is 5.56 Å². The monoisotopic (exact) mass is 488 g/mol. The zero-order chi connectivity index (χ0) is 26.6. The van der Waals surface area contributed by atoms with Crippen molar-refractivity contribution in [2.24, 2.45) is 5.92 Å². The second-order valence-corrected chi connectivity index (χ2v) is 11.0. The Bertz CT molecular complexity index is 1220. The summed E-state index contributed by atoms with van der Waals surface area (Å²) in [6.07, 6.45) is 0.914. The Morgan fingerprint density at radius 3 is 2.31 bits per heavy atom. The van der Waals surface area contributed by atoms with E-state index in [0.717, 1.165) is 28.9 Å². The number of aryl methyl sites for hydroxylation is 2. The van der Waals surface area contributed by atoms with Gasteiger partial charge in [0.15, 0.2) is 0 Å². The maximum Gasteiger partial charge on any atom is 0.254 e. The van der Waals surface area contributed by atoms with E-state index in [9.17, 15) is 9.59 Å². The molecule has 0 unspecified atom stereocenters. The van der Waals surface area contributed by atoms with E-state index >= 15 is 0 Å². The van der Waals surface area contributed by atoms with Crippen molar-refractivity contribution in [2.45, 2.75) is 67.2 Å². The molecule has 0 atom stereocenters. The number of nitrogens with one attached hydrogen (secondary N) is 1. The minimum absolute atomic E-state index is 0.0324. The lowest BCUT2D eigenvalue weighted by Gasteiger charge is -2.24. The number of aromatic nitrogens is 2. The Balaban J connectivity index is 1.89. The molecule has 3 aromatic rings. The highest BCUT2D eigenvalue weighted by atomic mass is 16.2. The fraction of sp³-hybridized carbons (Fsp3) is 0.433. The molecule has 0 bridgehead atoms. The van der Waals surface area contributed by atoms with E-state index in [4.69, 9.17) is 5.10 Å². The summed E-state index contributed by atoms with van der Waals surface area (Å²) in [4.78, 5) is 28.2. The van der Waals surface area contributed by atoms with Gasteiger partial charge in [0.1, 0.15) is 12.4 Å². The summed E-state index contributed by atoms with van der Waals surface area (Å²) in [5.41, 5.74) is 5.64. The van der Waals surface area contributed by atoms with E-state index < -0.39 is 0 Å². The lowest BCUT2D eigenvalue weighted by molar-refractivity contribution is -0.117. The van der Waals surface area contributed by atoms with E-state index in [1.807, 2.05) is 56.3 Å². The SMILES string of the molecule is CCc1ccc(C(=O)N(CC(=O)Nc2cc(C(C)(C)C)nn2-c2cccc(C)c2C)CC(C)C)cc1. The zero-order valence-corrected chi connectivity index (χ0v) is 23.0. The van der Waals surface area contributed by atoms with Gasteiger partial charge in [-0.25, -0.2) is 4.68 Å². The Morgan fingerprint density at radius 2 is 1.72 bits per heavy atom. The van der Waals surface area contributed by atoms with E-state index in [0.29, 0.717) is 17.9 Å². The molecule has 0 aliphatic rings. The quantitative estimate of drug-likeness (QED) is 0.417. The molecule has 2 amide bonds. The van der Waals surface area contributed by atoms with E-state index in [-0.39, 0.29) is 29.7 Å². The number of rotatable bonds is 8. The predicted molar refractivity (Wildman–Crippen MR) is 147 cm³/mol. The van der Waals surface area contributed by atoms with E-state index in [1.54, 1.807) is 9.58 Å². The summed E-state index contributed by atoms with van der Waals surface area (Å²) in [6, 6.07) is 15.6. The average molecular weight is 489 g/mol. The highest BCUT2D eigenvalue weighted by Gasteiger charge is 2.24. The Kier molecular flexibility index (Phi) is 8.39. The Labute approximate surface area is 215 Å². The first-order chi connectivity index (χ1) is 16.9. The van der Waals surface area contributed by atoms with Crippen LogP contribution in [0.15, 0.2) is 48.5 Å². The lowest BCUT2D eigenvalue weighted by atomic mass is 9.92. The number of carbonyl (C=O) groups is 2. The van der Waals surface area contributed by atoms with Crippen LogP contribution >= 0.6 is 0 Å². The average Bonchev–Trinajstić information content (AvgIpc) is 3.23. The van der Waals surface area contributed by atoms with Gasteiger partial charge in [-0.1, -0.05) is 65.8 Å². The van der Waals surface area contributed by atoms with Crippen molar-refractivity contribution in [3.63, 3.8) is 0 Å². The molecule has 6 nitrogen and oxygen atoms in total. The van der Waals surface area contributed by atoms with Gasteiger partial charge in [-0.15, -0.1) is 0 Å². The largest absolute Gasteiger partial charge is 0.329 e. The molecule has 36 heavy (non-hydrogen) atoms. The van der Waals surface area contributed by atoms with Gasteiger partial charge in [0, 0.05) is 23.6 Å². The van der Waals surface area contributed by atoms with Crippen molar-refractivity contribution in [2.75, 3.05) is 18.4 Å². The molecule has 0 aliphatic heterocycles. The molecule has 0 saturated carbocycles. The van der Waals surface area contributed by atoms with Gasteiger partial charge < -0.3 is 10.2 Å². The fourth-order valence-electron chi connectivity index (χ4n) is 4.07. The summed E-state index contributed by atoms with van der Waals surface area (Å²) >= 11 is 0. The third-order valence-corrected chi connectivity index (χ3v) is 6.37. The van der Waals surface area contributed by atoms with Crippen molar-refractivity contribution >= 4 is 17.6 Å². The molecule has 2 aromatic carbocycles. The van der Waals surface area contributed by atoms with Crippen molar-refractivity contribution in [3.05, 3.63) is 76.5 Å². The number of hydrogen-bond donors (Lipinski definition) is 1. The number of amides is 2. The Morgan fingerprint density at radius 1 is 1.06 bits per heavy atom. The smallest absolute Gasteiger partial charge is 0.254 e. The van der Waals surface area contributed by atoms with Crippen LogP contribution in [0, 0.1) is 19.8 Å². The molecule has 192 valence electrons. The number of anilines is 1. The molecular formula is C30H40N4O2. The number of hydrogen-bond acceptors (Lipinski definition) is 3. The molecule has 0 spiro atoms. The van der Waals surface area contributed by atoms with E-state index in [2.05, 4.69) is 52.9 Å². The van der Waals surface area contributed by atoms with Gasteiger partial charge in [-0.05, 0) is 61.1 Å². The second kappa shape index (κ2) is 11.1. The molecule has 0 saturated heterocycles. The van der Waals surface area contributed by atoms with Gasteiger partial charge in [0.2, 0.25) is 5.91 Å². The van der Waals surface area contributed by atoms with Crippen LogP contribution in [0.3, 0.4) is 0 Å². The Hall–Kier alpha value is -3.41. The molecule has 0 radical (unpaired) electrons. The van der Waals surface area contributed by atoms with Crippen LogP contribution in [0.1, 0.15) is 74.3 Å². The number of benzene rings is 2. The van der Waals surface area contributed by atoms with Gasteiger partial charge in [0.25, 0.3) is 5.91 Å². The molecule has 1 heterocycles. The van der Waals surface area contributed by atoms with Crippen molar-refractivity contribution in [3.8, 4) is 5.69 Å². The molecule has 1 N–H and O–H groups in total. The number of carbonyl (C=O) groups excluding carboxylic acids is 2. The maximum atomic E-state index is 13.3. The van der Waals surface area contributed by atoms with Crippen molar-refractivity contribution < 1.29 is 9.59 Å². The molecule has 1 aromatic heterocycles. The topological polar surface area (TPSA) is 67.2 Å². The third-order valence-electron chi connectivity index (χ3n) is 6.37. The molecule has 6 heteroatoms. The lowest BCUT2D eigenvalue weighted by Crippen LogP contribution is -2.40. The standard InChI is InChI=1S/C30H40N4O2/c1-9-23-13-15-24(16-14-23)29(36)33(18-20(2)3)19-28(35)31-27-17-26(30(6,7)8)32-34(27)25-12-10-11-21(4)22(25)5/h10-17,20H,9,18-19H2,1-8H3,(H,31,35). The van der Waals surface area contributed by atoms with Crippen LogP contribution in [0.5, 0.6) is 0 Å². The third kappa shape index (κ3) is 6.42. The fourth-order valence-corrected chi connectivity index (χ4v) is 4.07. The van der Waals surface area contributed by atoms with Gasteiger partial charge in [-0.3, -0.25) is 9.59 Å². The summed E-state index contributed by atoms with van der Waals surface area (Å²) in [7, 11) is 0. The second-order valence-electron chi connectivity index (χ2n) is 11.0. The molecule has 3 rings (SSSR count). The van der Waals surface area contributed by atoms with Gasteiger partial charge in [-0.2, -0.15) is 5.10 Å². The molecule has 0 aliphatic carbocycles. The van der Waals surface area contributed by atoms with Gasteiger partial charge in [0.05, 0.1) is 11.4 Å². The first-order valence-corrected chi connectivity index (χ1v) is 12.8. The first-order valence-electron chi connectivity index (χ1n) is 12.8. The normalized spacial score (nSPS) is 11.6. The highest BCUT2D eigenvalue weighted by Crippen LogP contribution is 2.28. The maximum absolute atomic E-state index is 13.3. The summed E-state index contributed by atoms with van der Waals surface area (Å²) < 4.78 is 1.80. The van der Waals surface area contributed by atoms with Crippen LogP contribution in [0.2, 0.25) is 0 Å². The van der Waals surface area contributed by atoms with Crippen LogP contribution in [0.4, 0.5) is 5.82 Å². The minimum Gasteiger partial charge on any atom is -0.329 e.